The van der Waals surface area contributed by atoms with Crippen molar-refractivity contribution in [1.82, 2.24) is 0 Å². The van der Waals surface area contributed by atoms with Crippen LogP contribution in [0.25, 0.3) is 0 Å². The topological polar surface area (TPSA) is 43.1 Å². The number of hydrogen-bond acceptors (Lipinski definition) is 2. The first-order valence-electron chi connectivity index (χ1n) is 2.40. The fourth-order valence-electron chi connectivity index (χ4n) is 0.243. The highest BCUT2D eigenvalue weighted by molar-refractivity contribution is 5.87. The maximum atomic E-state index is 12.4. The second kappa shape index (κ2) is 2.22. The van der Waals surface area contributed by atoms with E-state index in [0.717, 1.165) is 0 Å². The predicted octanol–water partition coefficient (Wildman–Crippen LogP) is 0.262. The van der Waals surface area contributed by atoms with Crippen LogP contribution in [-0.4, -0.2) is 18.0 Å². The van der Waals surface area contributed by atoms with Gasteiger partial charge in [-0.2, -0.15) is 0 Å². The van der Waals surface area contributed by atoms with Crippen molar-refractivity contribution in [2.45, 2.75) is 19.5 Å². The Labute approximate surface area is 47.9 Å². The summed E-state index contributed by atoms with van der Waals surface area (Å²) in [7, 11) is 0. The lowest BCUT2D eigenvalue weighted by Gasteiger charge is -2.08. The van der Waals surface area contributed by atoms with Crippen LogP contribution in [0, 0.1) is 0 Å². The van der Waals surface area contributed by atoms with Crippen molar-refractivity contribution < 1.29 is 9.18 Å². The smallest absolute Gasteiger partial charge is 0.182 e. The van der Waals surface area contributed by atoms with Crippen LogP contribution in [0.3, 0.4) is 0 Å². The molecule has 0 unspecified atom stereocenters. The summed E-state index contributed by atoms with van der Waals surface area (Å²) >= 11 is 0. The van der Waals surface area contributed by atoms with Crippen LogP contribution < -0.4 is 5.73 Å². The van der Waals surface area contributed by atoms with Crippen LogP contribution in [0.2, 0.25) is 0 Å². The minimum Gasteiger partial charge on any atom is -0.324 e. The molecule has 48 valence electrons. The van der Waals surface area contributed by atoms with Gasteiger partial charge in [0.2, 0.25) is 0 Å². The average molecular weight is 119 g/mol. The Morgan fingerprint density at radius 1 is 1.75 bits per heavy atom. The van der Waals surface area contributed by atoms with Gasteiger partial charge in [0, 0.05) is 0 Å². The normalized spacial score (nSPS) is 11.5. The molecule has 0 amide bonds. The molecule has 0 aromatic heterocycles. The summed E-state index contributed by atoms with van der Waals surface area (Å²) in [5.74, 6) is -0.558. The van der Waals surface area contributed by atoms with Crippen LogP contribution in [0.5, 0.6) is 0 Å². The Hall–Kier alpha value is -0.440. The molecule has 0 aliphatic carbocycles. The van der Waals surface area contributed by atoms with Crippen LogP contribution in [0.4, 0.5) is 4.39 Å². The molecule has 0 atom stereocenters. The van der Waals surface area contributed by atoms with E-state index in [-0.39, 0.29) is 6.54 Å². The molecule has 8 heavy (non-hydrogen) atoms. The Morgan fingerprint density at radius 3 is 2.12 bits per heavy atom. The molecule has 3 heteroatoms. The van der Waals surface area contributed by atoms with E-state index < -0.39 is 11.5 Å². The maximum absolute atomic E-state index is 12.4. The zero-order chi connectivity index (χ0) is 6.78. The van der Waals surface area contributed by atoms with Gasteiger partial charge in [0.1, 0.15) is 0 Å². The highest BCUT2D eigenvalue weighted by Crippen LogP contribution is 2.07. The second-order valence-electron chi connectivity index (χ2n) is 2.10. The molecule has 0 bridgehead atoms. The minimum absolute atomic E-state index is 0.219. The molecule has 0 aliphatic rings. The van der Waals surface area contributed by atoms with Crippen LogP contribution in [0.15, 0.2) is 0 Å². The maximum Gasteiger partial charge on any atom is 0.182 e. The third-order valence-corrected chi connectivity index (χ3v) is 0.848. The molecule has 0 fully saturated rings. The van der Waals surface area contributed by atoms with Gasteiger partial charge >= 0.3 is 0 Å². The Balaban J connectivity index is 3.82. The van der Waals surface area contributed by atoms with Crippen molar-refractivity contribution in [3.63, 3.8) is 0 Å². The van der Waals surface area contributed by atoms with E-state index in [1.165, 1.54) is 13.8 Å². The van der Waals surface area contributed by atoms with Crippen LogP contribution in [-0.2, 0) is 4.79 Å². The van der Waals surface area contributed by atoms with Crippen LogP contribution >= 0.6 is 0 Å². The molecule has 0 spiro atoms. The standard InChI is InChI=1S/C5H10FNO/c1-5(2,6)4(8)3-7/h3,7H2,1-2H3. The first-order chi connectivity index (χ1) is 3.48. The lowest BCUT2D eigenvalue weighted by molar-refractivity contribution is -0.127. The fraction of sp³-hybridized carbons (Fsp3) is 0.800. The molecule has 0 saturated carbocycles. The van der Waals surface area contributed by atoms with E-state index in [2.05, 4.69) is 0 Å². The number of carbonyl (C=O) groups is 1. The zero-order valence-electron chi connectivity index (χ0n) is 5.07. The van der Waals surface area contributed by atoms with Gasteiger partial charge in [0.15, 0.2) is 11.5 Å². The highest BCUT2D eigenvalue weighted by Gasteiger charge is 2.23. The summed E-state index contributed by atoms with van der Waals surface area (Å²) in [5.41, 5.74) is 3.11. The summed E-state index contributed by atoms with van der Waals surface area (Å²) in [6, 6.07) is 0. The van der Waals surface area contributed by atoms with Gasteiger partial charge in [-0.05, 0) is 13.8 Å². The fourth-order valence-corrected chi connectivity index (χ4v) is 0.243. The van der Waals surface area contributed by atoms with Gasteiger partial charge in [-0.3, -0.25) is 4.79 Å². The lowest BCUT2D eigenvalue weighted by Crippen LogP contribution is -2.32. The molecule has 2 N–H and O–H groups in total. The van der Waals surface area contributed by atoms with E-state index in [0.29, 0.717) is 0 Å². The van der Waals surface area contributed by atoms with Crippen molar-refractivity contribution in [3.8, 4) is 0 Å². The van der Waals surface area contributed by atoms with E-state index in [1.54, 1.807) is 0 Å². The molecule has 0 radical (unpaired) electrons. The number of carbonyl (C=O) groups excluding carboxylic acids is 1. The Kier molecular flexibility index (Phi) is 2.10. The van der Waals surface area contributed by atoms with Gasteiger partial charge < -0.3 is 5.73 Å². The molecule has 0 aromatic rings. The van der Waals surface area contributed by atoms with Gasteiger partial charge in [-0.1, -0.05) is 0 Å². The van der Waals surface area contributed by atoms with Gasteiger partial charge in [-0.25, -0.2) is 4.39 Å². The average Bonchev–Trinajstić information content (AvgIpc) is 1.62. The molecule has 0 aliphatic heterocycles. The number of hydrogen-bond donors (Lipinski definition) is 1. The molecule has 2 nitrogen and oxygen atoms in total. The third kappa shape index (κ3) is 2.02. The van der Waals surface area contributed by atoms with Crippen LogP contribution in [0.1, 0.15) is 13.8 Å². The highest BCUT2D eigenvalue weighted by atomic mass is 19.1. The molecule has 0 aromatic carbocycles. The summed E-state index contributed by atoms with van der Waals surface area (Å²) < 4.78 is 12.4. The number of rotatable bonds is 2. The quantitative estimate of drug-likeness (QED) is 0.566. The molecular formula is C5H10FNO. The van der Waals surface area contributed by atoms with Gasteiger partial charge in [-0.15, -0.1) is 0 Å². The van der Waals surface area contributed by atoms with E-state index in [1.807, 2.05) is 0 Å². The van der Waals surface area contributed by atoms with Crippen molar-refractivity contribution in [2.75, 3.05) is 6.54 Å². The monoisotopic (exact) mass is 119 g/mol. The van der Waals surface area contributed by atoms with E-state index in [9.17, 15) is 9.18 Å². The SMILES string of the molecule is CC(C)(F)C(=O)CN. The van der Waals surface area contributed by atoms with Gasteiger partial charge in [0.05, 0.1) is 6.54 Å². The number of nitrogens with two attached hydrogens (primary N) is 1. The van der Waals surface area contributed by atoms with E-state index >= 15 is 0 Å². The summed E-state index contributed by atoms with van der Waals surface area (Å²) in [6.45, 7) is 2.17. The largest absolute Gasteiger partial charge is 0.324 e. The summed E-state index contributed by atoms with van der Waals surface area (Å²) in [6.07, 6.45) is 0. The third-order valence-electron chi connectivity index (χ3n) is 0.848. The number of alkyl halides is 1. The van der Waals surface area contributed by atoms with E-state index in [4.69, 9.17) is 5.73 Å². The molecule has 0 rings (SSSR count). The second-order valence-corrected chi connectivity index (χ2v) is 2.10. The summed E-state index contributed by atoms with van der Waals surface area (Å²) in [5, 5.41) is 0. The lowest BCUT2D eigenvalue weighted by atomic mass is 10.1. The van der Waals surface area contributed by atoms with Gasteiger partial charge in [0.25, 0.3) is 0 Å². The molecule has 0 saturated heterocycles. The number of Topliss-reactive ketones (excluding diaryl/α,β-unsaturated/α-hetero) is 1. The van der Waals surface area contributed by atoms with Crippen molar-refractivity contribution in [3.05, 3.63) is 0 Å². The minimum atomic E-state index is -1.76. The summed E-state index contributed by atoms with van der Waals surface area (Å²) in [4.78, 5) is 10.3. The Bertz CT molecular complexity index is 95.1. The van der Waals surface area contributed by atoms with Crippen molar-refractivity contribution in [2.24, 2.45) is 5.73 Å². The van der Waals surface area contributed by atoms with Crippen molar-refractivity contribution in [1.29, 1.82) is 0 Å². The predicted molar refractivity (Wildman–Crippen MR) is 29.2 cm³/mol. The van der Waals surface area contributed by atoms with Crippen molar-refractivity contribution >= 4 is 5.78 Å². The first kappa shape index (κ1) is 7.56. The zero-order valence-corrected chi connectivity index (χ0v) is 5.07. The Morgan fingerprint density at radius 2 is 2.12 bits per heavy atom. The number of halogens is 1. The first-order valence-corrected chi connectivity index (χ1v) is 2.40. The molecule has 0 heterocycles. The number of ketones is 1. The molecular weight excluding hydrogens is 109 g/mol.